The van der Waals surface area contributed by atoms with Crippen LogP contribution in [0.25, 0.3) is 0 Å². The van der Waals surface area contributed by atoms with Crippen LogP contribution in [0.15, 0.2) is 18.2 Å². The molecule has 0 heterocycles. The van der Waals surface area contributed by atoms with Crippen molar-refractivity contribution in [1.29, 1.82) is 0 Å². The lowest BCUT2D eigenvalue weighted by Gasteiger charge is -2.26. The third kappa shape index (κ3) is 4.34. The normalized spacial score (nSPS) is 12.5. The molecule has 0 aliphatic heterocycles. The molecule has 0 saturated heterocycles. The van der Waals surface area contributed by atoms with Gasteiger partial charge in [0, 0.05) is 24.8 Å². The topological polar surface area (TPSA) is 29.3 Å². The Balaban J connectivity index is 2.88. The van der Waals surface area contributed by atoms with E-state index in [4.69, 9.17) is 5.73 Å². The van der Waals surface area contributed by atoms with Gasteiger partial charge in [0.05, 0.1) is 0 Å². The van der Waals surface area contributed by atoms with E-state index in [1.807, 2.05) is 0 Å². The van der Waals surface area contributed by atoms with Crippen molar-refractivity contribution in [3.8, 4) is 0 Å². The first kappa shape index (κ1) is 15.0. The second kappa shape index (κ2) is 7.42. The maximum Gasteiger partial charge on any atom is 0.0396 e. The Morgan fingerprint density at radius 1 is 1.17 bits per heavy atom. The molecule has 0 bridgehead atoms. The predicted octanol–water partition coefficient (Wildman–Crippen LogP) is 3.51. The second-order valence-corrected chi connectivity index (χ2v) is 5.29. The largest absolute Gasteiger partial charge is 0.371 e. The van der Waals surface area contributed by atoms with Crippen molar-refractivity contribution in [3.05, 3.63) is 29.3 Å². The molecule has 18 heavy (non-hydrogen) atoms. The molecular weight excluding hydrogens is 220 g/mol. The number of benzene rings is 1. The fourth-order valence-corrected chi connectivity index (χ4v) is 2.46. The first-order valence-electron chi connectivity index (χ1n) is 7.18. The number of nitrogens with two attached hydrogens (primary N) is 1. The van der Waals surface area contributed by atoms with Crippen LogP contribution in [0, 0.1) is 6.92 Å². The molecule has 0 aromatic heterocycles. The molecule has 1 aromatic rings. The molecule has 0 aliphatic carbocycles. The van der Waals surface area contributed by atoms with Gasteiger partial charge in [-0.1, -0.05) is 26.0 Å². The van der Waals surface area contributed by atoms with Crippen LogP contribution in [0.3, 0.4) is 0 Å². The summed E-state index contributed by atoms with van der Waals surface area (Å²) >= 11 is 0. The predicted molar refractivity (Wildman–Crippen MR) is 81.3 cm³/mol. The van der Waals surface area contributed by atoms with Gasteiger partial charge in [-0.3, -0.25) is 0 Å². The maximum atomic E-state index is 5.86. The monoisotopic (exact) mass is 248 g/mol. The van der Waals surface area contributed by atoms with E-state index in [0.29, 0.717) is 0 Å². The van der Waals surface area contributed by atoms with E-state index < -0.39 is 0 Å². The molecule has 0 saturated carbocycles. The quantitative estimate of drug-likeness (QED) is 0.800. The zero-order chi connectivity index (χ0) is 13.5. The summed E-state index contributed by atoms with van der Waals surface area (Å²) in [5, 5.41) is 0. The average molecular weight is 248 g/mol. The molecule has 2 nitrogen and oxygen atoms in total. The number of aryl methyl sites for hydroxylation is 1. The third-order valence-electron chi connectivity index (χ3n) is 3.15. The lowest BCUT2D eigenvalue weighted by molar-refractivity contribution is 0.732. The highest BCUT2D eigenvalue weighted by molar-refractivity contribution is 5.54. The van der Waals surface area contributed by atoms with Crippen LogP contribution >= 0.6 is 0 Å². The fourth-order valence-electron chi connectivity index (χ4n) is 2.46. The summed E-state index contributed by atoms with van der Waals surface area (Å²) in [6, 6.07) is 7.01. The Morgan fingerprint density at radius 3 is 2.22 bits per heavy atom. The van der Waals surface area contributed by atoms with Gasteiger partial charge in [-0.2, -0.15) is 0 Å². The summed E-state index contributed by atoms with van der Waals surface area (Å²) in [6.45, 7) is 11.0. The molecule has 2 heteroatoms. The first-order chi connectivity index (χ1) is 8.58. The van der Waals surface area contributed by atoms with Crippen LogP contribution in [0.1, 0.15) is 44.7 Å². The van der Waals surface area contributed by atoms with Crippen LogP contribution in [-0.2, 0) is 6.42 Å². The van der Waals surface area contributed by atoms with Gasteiger partial charge in [-0.05, 0) is 50.3 Å². The van der Waals surface area contributed by atoms with Gasteiger partial charge in [0.15, 0.2) is 0 Å². The molecule has 0 aliphatic rings. The van der Waals surface area contributed by atoms with Gasteiger partial charge in [-0.15, -0.1) is 0 Å². The SMILES string of the molecule is CCCN(CCC)c1ccc(CC(C)N)cc1C. The van der Waals surface area contributed by atoms with Crippen LogP contribution in [-0.4, -0.2) is 19.1 Å². The van der Waals surface area contributed by atoms with Gasteiger partial charge < -0.3 is 10.6 Å². The van der Waals surface area contributed by atoms with Gasteiger partial charge in [0.25, 0.3) is 0 Å². The highest BCUT2D eigenvalue weighted by Crippen LogP contribution is 2.22. The molecular formula is C16H28N2. The Bertz CT molecular complexity index is 352. The number of anilines is 1. The lowest BCUT2D eigenvalue weighted by atomic mass is 10.0. The van der Waals surface area contributed by atoms with Gasteiger partial charge in [0.2, 0.25) is 0 Å². The number of rotatable bonds is 7. The molecule has 102 valence electrons. The van der Waals surface area contributed by atoms with Crippen LogP contribution < -0.4 is 10.6 Å². The van der Waals surface area contributed by atoms with E-state index >= 15 is 0 Å². The van der Waals surface area contributed by atoms with Crippen LogP contribution in [0.2, 0.25) is 0 Å². The summed E-state index contributed by atoms with van der Waals surface area (Å²) in [4.78, 5) is 2.49. The standard InChI is InChI=1S/C16H28N2/c1-5-9-18(10-6-2)16-8-7-15(11-13(16)3)12-14(4)17/h7-8,11,14H,5-6,9-10,12,17H2,1-4H3. The Labute approximate surface area is 112 Å². The van der Waals surface area contributed by atoms with E-state index in [1.165, 1.54) is 29.7 Å². The van der Waals surface area contributed by atoms with E-state index in [9.17, 15) is 0 Å². The lowest BCUT2D eigenvalue weighted by Crippen LogP contribution is -2.25. The van der Waals surface area contributed by atoms with Crippen molar-refractivity contribution in [1.82, 2.24) is 0 Å². The fraction of sp³-hybridized carbons (Fsp3) is 0.625. The smallest absolute Gasteiger partial charge is 0.0396 e. The molecule has 0 radical (unpaired) electrons. The Hall–Kier alpha value is -1.02. The Morgan fingerprint density at radius 2 is 1.78 bits per heavy atom. The minimum atomic E-state index is 0.234. The molecule has 1 rings (SSSR count). The molecule has 0 amide bonds. The van der Waals surface area contributed by atoms with Crippen molar-refractivity contribution < 1.29 is 0 Å². The number of hydrogen-bond acceptors (Lipinski definition) is 2. The van der Waals surface area contributed by atoms with Crippen molar-refractivity contribution in [3.63, 3.8) is 0 Å². The Kier molecular flexibility index (Phi) is 6.20. The molecule has 1 aromatic carbocycles. The number of nitrogens with zero attached hydrogens (tertiary/aromatic N) is 1. The summed E-state index contributed by atoms with van der Waals surface area (Å²) in [6.07, 6.45) is 3.35. The average Bonchev–Trinajstić information content (AvgIpc) is 2.28. The molecule has 0 spiro atoms. The van der Waals surface area contributed by atoms with Crippen molar-refractivity contribution >= 4 is 5.69 Å². The zero-order valence-corrected chi connectivity index (χ0v) is 12.4. The van der Waals surface area contributed by atoms with Gasteiger partial charge in [-0.25, -0.2) is 0 Å². The minimum absolute atomic E-state index is 0.234. The molecule has 1 unspecified atom stereocenters. The summed E-state index contributed by atoms with van der Waals surface area (Å²) < 4.78 is 0. The minimum Gasteiger partial charge on any atom is -0.371 e. The third-order valence-corrected chi connectivity index (χ3v) is 3.15. The first-order valence-corrected chi connectivity index (χ1v) is 7.18. The van der Waals surface area contributed by atoms with Gasteiger partial charge >= 0.3 is 0 Å². The van der Waals surface area contributed by atoms with Gasteiger partial charge in [0.1, 0.15) is 0 Å². The molecule has 1 atom stereocenters. The highest BCUT2D eigenvalue weighted by atomic mass is 15.1. The van der Waals surface area contributed by atoms with Crippen LogP contribution in [0.5, 0.6) is 0 Å². The highest BCUT2D eigenvalue weighted by Gasteiger charge is 2.08. The second-order valence-electron chi connectivity index (χ2n) is 5.29. The van der Waals surface area contributed by atoms with Crippen molar-refractivity contribution in [2.24, 2.45) is 5.73 Å². The van der Waals surface area contributed by atoms with E-state index in [2.05, 4.69) is 50.8 Å². The van der Waals surface area contributed by atoms with E-state index in [1.54, 1.807) is 0 Å². The number of hydrogen-bond donors (Lipinski definition) is 1. The van der Waals surface area contributed by atoms with E-state index in [-0.39, 0.29) is 6.04 Å². The summed E-state index contributed by atoms with van der Waals surface area (Å²) in [5.74, 6) is 0. The maximum absolute atomic E-state index is 5.86. The van der Waals surface area contributed by atoms with Crippen molar-refractivity contribution in [2.45, 2.75) is 53.0 Å². The van der Waals surface area contributed by atoms with Crippen molar-refractivity contribution in [2.75, 3.05) is 18.0 Å². The van der Waals surface area contributed by atoms with Crippen LogP contribution in [0.4, 0.5) is 5.69 Å². The zero-order valence-electron chi connectivity index (χ0n) is 12.4. The summed E-state index contributed by atoms with van der Waals surface area (Å²) in [5.41, 5.74) is 9.96. The summed E-state index contributed by atoms with van der Waals surface area (Å²) in [7, 11) is 0. The molecule has 0 fully saturated rings. The molecule has 2 N–H and O–H groups in total. The van der Waals surface area contributed by atoms with E-state index in [0.717, 1.165) is 19.5 Å².